The molecule has 98 valence electrons. The molecule has 3 nitrogen and oxygen atoms in total. The Hall–Kier alpha value is -1.51. The first-order valence-corrected chi connectivity index (χ1v) is 6.38. The van der Waals surface area contributed by atoms with Crippen LogP contribution in [-0.2, 0) is 4.79 Å². The lowest BCUT2D eigenvalue weighted by Gasteiger charge is -2.24. The number of carbonyl (C=O) groups is 1. The van der Waals surface area contributed by atoms with Gasteiger partial charge >= 0.3 is 0 Å². The summed E-state index contributed by atoms with van der Waals surface area (Å²) in [7, 11) is 1.82. The number of fused-ring (bicyclic) bond motifs is 1. The highest BCUT2D eigenvalue weighted by Crippen LogP contribution is 2.40. The molecule has 0 radical (unpaired) electrons. The minimum Gasteiger partial charge on any atom is -0.490 e. The first-order chi connectivity index (χ1) is 8.34. The predicted octanol–water partition coefficient (Wildman–Crippen LogP) is 3.19. The van der Waals surface area contributed by atoms with Gasteiger partial charge in [0.15, 0.2) is 0 Å². The number of hydrogen-bond donors (Lipinski definition) is 0. The first-order valence-electron chi connectivity index (χ1n) is 6.38. The molecule has 1 aliphatic heterocycles. The maximum absolute atomic E-state index is 12.4. The van der Waals surface area contributed by atoms with Crippen molar-refractivity contribution in [2.24, 2.45) is 5.41 Å². The van der Waals surface area contributed by atoms with Crippen molar-refractivity contribution >= 4 is 11.6 Å². The van der Waals surface area contributed by atoms with Gasteiger partial charge in [0, 0.05) is 7.05 Å². The van der Waals surface area contributed by atoms with Crippen molar-refractivity contribution in [1.29, 1.82) is 0 Å². The zero-order chi connectivity index (χ0) is 13.5. The fourth-order valence-electron chi connectivity index (χ4n) is 2.30. The molecule has 0 unspecified atom stereocenters. The Morgan fingerprint density at radius 1 is 1.33 bits per heavy atom. The topological polar surface area (TPSA) is 29.5 Å². The number of hydrogen-bond acceptors (Lipinski definition) is 2. The van der Waals surface area contributed by atoms with E-state index in [2.05, 4.69) is 19.9 Å². The summed E-state index contributed by atoms with van der Waals surface area (Å²) in [5.41, 5.74) is 1.55. The predicted molar refractivity (Wildman–Crippen MR) is 73.2 cm³/mol. The minimum absolute atomic E-state index is 0.0992. The molecule has 0 atom stereocenters. The molecule has 0 aromatic heterocycles. The van der Waals surface area contributed by atoms with Gasteiger partial charge in [-0.1, -0.05) is 26.0 Å². The Labute approximate surface area is 109 Å². The van der Waals surface area contributed by atoms with Crippen LogP contribution < -0.4 is 9.64 Å². The van der Waals surface area contributed by atoms with Gasteiger partial charge in [-0.15, -0.1) is 0 Å². The number of para-hydroxylation sites is 1. The molecule has 0 saturated heterocycles. The number of amides is 1. The quantitative estimate of drug-likeness (QED) is 0.762. The van der Waals surface area contributed by atoms with Crippen molar-refractivity contribution in [3.05, 3.63) is 23.8 Å². The molecule has 18 heavy (non-hydrogen) atoms. The second kappa shape index (κ2) is 4.30. The highest BCUT2D eigenvalue weighted by molar-refractivity contribution is 5.99. The van der Waals surface area contributed by atoms with Gasteiger partial charge in [0.05, 0.1) is 11.1 Å². The van der Waals surface area contributed by atoms with Crippen LogP contribution >= 0.6 is 0 Å². The van der Waals surface area contributed by atoms with Gasteiger partial charge < -0.3 is 9.64 Å². The fraction of sp³-hybridized carbons (Fsp3) is 0.533. The Morgan fingerprint density at radius 2 is 2.00 bits per heavy atom. The maximum atomic E-state index is 12.4. The van der Waals surface area contributed by atoms with E-state index in [0.717, 1.165) is 17.0 Å². The third kappa shape index (κ3) is 1.98. The van der Waals surface area contributed by atoms with Gasteiger partial charge in [0.25, 0.3) is 0 Å². The molecule has 2 rings (SSSR count). The molecule has 0 aliphatic carbocycles. The number of anilines is 1. The molecule has 0 bridgehead atoms. The summed E-state index contributed by atoms with van der Waals surface area (Å²) in [6, 6.07) is 6.00. The maximum Gasteiger partial charge on any atom is 0.235 e. The van der Waals surface area contributed by atoms with E-state index in [0.29, 0.717) is 12.5 Å². The number of nitrogens with zero attached hydrogens (tertiary/aromatic N) is 1. The number of rotatable bonds is 1. The van der Waals surface area contributed by atoms with Crippen LogP contribution in [0.25, 0.3) is 0 Å². The molecule has 0 saturated carbocycles. The van der Waals surface area contributed by atoms with Gasteiger partial charge in [-0.05, 0) is 31.4 Å². The van der Waals surface area contributed by atoms with E-state index >= 15 is 0 Å². The largest absolute Gasteiger partial charge is 0.490 e. The summed E-state index contributed by atoms with van der Waals surface area (Å²) in [5, 5.41) is 0. The normalized spacial score (nSPS) is 18.3. The zero-order valence-corrected chi connectivity index (χ0v) is 11.8. The Kier molecular flexibility index (Phi) is 3.09. The lowest BCUT2D eigenvalue weighted by Crippen LogP contribution is -2.39. The molecule has 1 aromatic carbocycles. The zero-order valence-electron chi connectivity index (χ0n) is 11.8. The van der Waals surface area contributed by atoms with Crippen LogP contribution in [0.4, 0.5) is 5.69 Å². The van der Waals surface area contributed by atoms with Crippen LogP contribution in [0.1, 0.15) is 39.2 Å². The summed E-state index contributed by atoms with van der Waals surface area (Å²) in [5.74, 6) is 1.33. The van der Waals surface area contributed by atoms with E-state index in [1.165, 1.54) is 0 Å². The molecule has 0 spiro atoms. The van der Waals surface area contributed by atoms with E-state index in [1.807, 2.05) is 33.0 Å². The van der Waals surface area contributed by atoms with Crippen LogP contribution in [0.5, 0.6) is 5.75 Å². The van der Waals surface area contributed by atoms with Crippen molar-refractivity contribution in [2.75, 3.05) is 18.6 Å². The summed E-state index contributed by atoms with van der Waals surface area (Å²) in [6.45, 7) is 8.54. The number of ether oxygens (including phenoxy) is 1. The second-order valence-corrected chi connectivity index (χ2v) is 5.89. The molecule has 3 heteroatoms. The van der Waals surface area contributed by atoms with Crippen LogP contribution in [0.2, 0.25) is 0 Å². The van der Waals surface area contributed by atoms with Gasteiger partial charge in [-0.3, -0.25) is 4.79 Å². The van der Waals surface area contributed by atoms with E-state index in [1.54, 1.807) is 4.90 Å². The smallest absolute Gasteiger partial charge is 0.235 e. The molecule has 0 N–H and O–H groups in total. The first kappa shape index (κ1) is 12.9. The average molecular weight is 247 g/mol. The molecule has 1 heterocycles. The number of carbonyl (C=O) groups excluding carboxylic acids is 1. The molecular formula is C15H21NO2. The highest BCUT2D eigenvalue weighted by Gasteiger charge is 2.36. The van der Waals surface area contributed by atoms with Crippen molar-refractivity contribution < 1.29 is 9.53 Å². The van der Waals surface area contributed by atoms with Crippen LogP contribution in [-0.4, -0.2) is 19.6 Å². The lowest BCUT2D eigenvalue weighted by molar-refractivity contribution is -0.127. The minimum atomic E-state index is -0.484. The summed E-state index contributed by atoms with van der Waals surface area (Å²) in [6.07, 6.45) is 0. The van der Waals surface area contributed by atoms with Crippen molar-refractivity contribution in [3.8, 4) is 5.75 Å². The van der Waals surface area contributed by atoms with E-state index < -0.39 is 5.41 Å². The monoisotopic (exact) mass is 247 g/mol. The standard InChI is InChI=1S/C15H21NO2/c1-10(2)11-7-6-8-12-13(11)18-9-15(3,4)14(17)16(12)5/h6-8,10H,9H2,1-5H3. The summed E-state index contributed by atoms with van der Waals surface area (Å²) in [4.78, 5) is 14.1. The molecule has 1 amide bonds. The molecule has 1 aromatic rings. The van der Waals surface area contributed by atoms with Crippen molar-refractivity contribution in [3.63, 3.8) is 0 Å². The lowest BCUT2D eigenvalue weighted by atomic mass is 9.93. The Bertz CT molecular complexity index is 477. The highest BCUT2D eigenvalue weighted by atomic mass is 16.5. The molecule has 1 aliphatic rings. The Morgan fingerprint density at radius 3 is 2.61 bits per heavy atom. The summed E-state index contributed by atoms with van der Waals surface area (Å²) < 4.78 is 5.93. The van der Waals surface area contributed by atoms with E-state index in [4.69, 9.17) is 4.74 Å². The third-order valence-electron chi connectivity index (χ3n) is 3.47. The van der Waals surface area contributed by atoms with Gasteiger partial charge in [-0.2, -0.15) is 0 Å². The van der Waals surface area contributed by atoms with Gasteiger partial charge in [0.2, 0.25) is 5.91 Å². The van der Waals surface area contributed by atoms with Crippen LogP contribution in [0.3, 0.4) is 0 Å². The number of benzene rings is 1. The van der Waals surface area contributed by atoms with E-state index in [9.17, 15) is 4.79 Å². The molecular weight excluding hydrogens is 226 g/mol. The van der Waals surface area contributed by atoms with Crippen molar-refractivity contribution in [1.82, 2.24) is 0 Å². The third-order valence-corrected chi connectivity index (χ3v) is 3.47. The Balaban J connectivity index is 2.56. The second-order valence-electron chi connectivity index (χ2n) is 5.89. The SMILES string of the molecule is CC(C)c1cccc2c1OCC(C)(C)C(=O)N2C. The van der Waals surface area contributed by atoms with Crippen molar-refractivity contribution in [2.45, 2.75) is 33.6 Å². The van der Waals surface area contributed by atoms with Crippen LogP contribution in [0, 0.1) is 5.41 Å². The summed E-state index contributed by atoms with van der Waals surface area (Å²) >= 11 is 0. The van der Waals surface area contributed by atoms with Gasteiger partial charge in [0.1, 0.15) is 12.4 Å². The fourth-order valence-corrected chi connectivity index (χ4v) is 2.30. The van der Waals surface area contributed by atoms with Gasteiger partial charge in [-0.25, -0.2) is 0 Å². The van der Waals surface area contributed by atoms with Crippen LogP contribution in [0.15, 0.2) is 18.2 Å². The average Bonchev–Trinajstić information content (AvgIpc) is 2.40. The van der Waals surface area contributed by atoms with E-state index in [-0.39, 0.29) is 5.91 Å². The molecule has 0 fully saturated rings.